The molecule has 0 aliphatic heterocycles. The number of carbonyl (C=O) groups excluding carboxylic acids is 1. The van der Waals surface area contributed by atoms with Gasteiger partial charge in [0.05, 0.1) is 126 Å². The van der Waals surface area contributed by atoms with E-state index in [0.717, 1.165) is 0 Å². The van der Waals surface area contributed by atoms with Crippen LogP contribution >= 0.6 is 0 Å². The van der Waals surface area contributed by atoms with Crippen molar-refractivity contribution in [2.45, 2.75) is 26.1 Å². The second kappa shape index (κ2) is 26.4. The lowest BCUT2D eigenvalue weighted by atomic mass is 10.5. The molecule has 0 bridgehead atoms. The monoisotopic (exact) mass is 528 g/mol. The summed E-state index contributed by atoms with van der Waals surface area (Å²) in [6.07, 6.45) is 0.251. The molecule has 210 valence electrons. The standard InChI is InChI=1S/C23H48O11Si/c1-25-23(24)5-6-26-7-8-27-9-10-28-11-12-29-13-14-30-15-16-31-17-18-32-19-20-33-21-22-34-35(2,3)4/h5-22H2,1-4H3. The first-order valence-electron chi connectivity index (χ1n) is 12.3. The third-order valence-corrected chi connectivity index (χ3v) is 5.12. The molecule has 0 fully saturated rings. The number of esters is 1. The second-order valence-electron chi connectivity index (χ2n) is 8.19. The second-order valence-corrected chi connectivity index (χ2v) is 12.7. The Balaban J connectivity index is 3.06. The molecule has 0 saturated heterocycles. The number of ether oxygens (including phenoxy) is 9. The summed E-state index contributed by atoms with van der Waals surface area (Å²) in [5, 5.41) is 0. The van der Waals surface area contributed by atoms with Crippen LogP contribution in [0.4, 0.5) is 0 Å². The minimum atomic E-state index is -1.45. The van der Waals surface area contributed by atoms with E-state index < -0.39 is 8.32 Å². The van der Waals surface area contributed by atoms with Crippen LogP contribution < -0.4 is 0 Å². The lowest BCUT2D eigenvalue weighted by Crippen LogP contribution is -2.27. The molecule has 35 heavy (non-hydrogen) atoms. The molecule has 11 nitrogen and oxygen atoms in total. The molecule has 0 aliphatic carbocycles. The highest BCUT2D eigenvalue weighted by molar-refractivity contribution is 6.69. The summed E-state index contributed by atoms with van der Waals surface area (Å²) in [5.41, 5.74) is 0. The Kier molecular flexibility index (Phi) is 25.9. The Hall–Kier alpha value is -0.673. The van der Waals surface area contributed by atoms with Crippen LogP contribution in [0.2, 0.25) is 19.6 Å². The maximum atomic E-state index is 10.9. The molecule has 0 saturated carbocycles. The van der Waals surface area contributed by atoms with Gasteiger partial charge in [0.15, 0.2) is 8.32 Å². The minimum absolute atomic E-state index is 0.251. The molecule has 0 unspecified atom stereocenters. The van der Waals surface area contributed by atoms with E-state index >= 15 is 0 Å². The van der Waals surface area contributed by atoms with Crippen molar-refractivity contribution in [1.29, 1.82) is 0 Å². The topological polar surface area (TPSA) is 109 Å². The van der Waals surface area contributed by atoms with Gasteiger partial charge in [0.2, 0.25) is 0 Å². The molecule has 0 aromatic heterocycles. The number of methoxy groups -OCH3 is 1. The van der Waals surface area contributed by atoms with Crippen LogP contribution in [-0.2, 0) is 51.9 Å². The van der Waals surface area contributed by atoms with E-state index in [9.17, 15) is 4.79 Å². The van der Waals surface area contributed by atoms with Gasteiger partial charge in [0.1, 0.15) is 0 Å². The third-order valence-electron chi connectivity index (χ3n) is 4.04. The fourth-order valence-corrected chi connectivity index (χ4v) is 3.00. The highest BCUT2D eigenvalue weighted by Crippen LogP contribution is 2.01. The summed E-state index contributed by atoms with van der Waals surface area (Å²) in [7, 11) is -0.0910. The van der Waals surface area contributed by atoms with Gasteiger partial charge in [-0.15, -0.1) is 0 Å². The molecule has 0 amide bonds. The van der Waals surface area contributed by atoms with Crippen LogP contribution in [0.25, 0.3) is 0 Å². The van der Waals surface area contributed by atoms with Crippen molar-refractivity contribution >= 4 is 14.3 Å². The summed E-state index contributed by atoms with van der Waals surface area (Å²) in [4.78, 5) is 10.9. The van der Waals surface area contributed by atoms with Crippen LogP contribution in [0.3, 0.4) is 0 Å². The predicted octanol–water partition coefficient (Wildman–Crippen LogP) is 1.53. The van der Waals surface area contributed by atoms with Gasteiger partial charge in [0, 0.05) is 0 Å². The van der Waals surface area contributed by atoms with E-state index in [1.807, 2.05) is 0 Å². The van der Waals surface area contributed by atoms with Crippen LogP contribution in [-0.4, -0.2) is 134 Å². The first-order chi connectivity index (χ1) is 17.0. The van der Waals surface area contributed by atoms with Gasteiger partial charge in [-0.1, -0.05) is 0 Å². The van der Waals surface area contributed by atoms with Crippen molar-refractivity contribution in [2.75, 3.05) is 119 Å². The fraction of sp³-hybridized carbons (Fsp3) is 0.957. The van der Waals surface area contributed by atoms with E-state index in [0.29, 0.717) is 112 Å². The van der Waals surface area contributed by atoms with Crippen LogP contribution in [0.15, 0.2) is 0 Å². The van der Waals surface area contributed by atoms with Crippen LogP contribution in [0.5, 0.6) is 0 Å². The van der Waals surface area contributed by atoms with Crippen molar-refractivity contribution in [3.8, 4) is 0 Å². The van der Waals surface area contributed by atoms with Gasteiger partial charge >= 0.3 is 5.97 Å². The molecular weight excluding hydrogens is 480 g/mol. The maximum Gasteiger partial charge on any atom is 0.307 e. The highest BCUT2D eigenvalue weighted by atomic mass is 28.4. The molecule has 0 radical (unpaired) electrons. The molecule has 0 heterocycles. The van der Waals surface area contributed by atoms with E-state index in [1.165, 1.54) is 7.11 Å². The average molecular weight is 529 g/mol. The molecule has 0 rings (SSSR count). The molecular formula is C23H48O11Si. The third kappa shape index (κ3) is 31.3. The molecule has 0 spiro atoms. The number of carbonyl (C=O) groups is 1. The average Bonchev–Trinajstić information content (AvgIpc) is 2.82. The Morgan fingerprint density at radius 1 is 0.457 bits per heavy atom. The number of hydrogen-bond donors (Lipinski definition) is 0. The van der Waals surface area contributed by atoms with Gasteiger partial charge in [-0.2, -0.15) is 0 Å². The molecule has 0 aromatic rings. The normalized spacial score (nSPS) is 11.8. The zero-order valence-corrected chi connectivity index (χ0v) is 23.2. The van der Waals surface area contributed by atoms with Crippen molar-refractivity contribution in [3.05, 3.63) is 0 Å². The van der Waals surface area contributed by atoms with Gasteiger partial charge in [0.25, 0.3) is 0 Å². The first-order valence-corrected chi connectivity index (χ1v) is 15.7. The summed E-state index contributed by atoms with van der Waals surface area (Å²) in [6, 6.07) is 0. The lowest BCUT2D eigenvalue weighted by Gasteiger charge is -2.16. The van der Waals surface area contributed by atoms with Gasteiger partial charge in [-0.25, -0.2) is 0 Å². The summed E-state index contributed by atoms with van der Waals surface area (Å²) in [5.74, 6) is -0.281. The zero-order chi connectivity index (χ0) is 25.9. The van der Waals surface area contributed by atoms with Gasteiger partial charge < -0.3 is 47.1 Å². The Labute approximate surface area is 212 Å². The lowest BCUT2D eigenvalue weighted by molar-refractivity contribution is -0.141. The molecule has 0 aliphatic rings. The molecule has 0 N–H and O–H groups in total. The summed E-state index contributed by atoms with van der Waals surface area (Å²) in [6.45, 7) is 15.2. The fourth-order valence-electron chi connectivity index (χ4n) is 2.31. The number of rotatable bonds is 28. The maximum absolute atomic E-state index is 10.9. The van der Waals surface area contributed by atoms with Crippen molar-refractivity contribution < 1.29 is 51.9 Å². The van der Waals surface area contributed by atoms with Crippen molar-refractivity contribution in [2.24, 2.45) is 0 Å². The number of hydrogen-bond acceptors (Lipinski definition) is 11. The molecule has 0 aromatic carbocycles. The van der Waals surface area contributed by atoms with Crippen molar-refractivity contribution in [3.63, 3.8) is 0 Å². The predicted molar refractivity (Wildman–Crippen MR) is 132 cm³/mol. The Morgan fingerprint density at radius 3 is 0.971 bits per heavy atom. The Morgan fingerprint density at radius 2 is 0.714 bits per heavy atom. The zero-order valence-electron chi connectivity index (χ0n) is 22.2. The van der Waals surface area contributed by atoms with Crippen molar-refractivity contribution in [1.82, 2.24) is 0 Å². The minimum Gasteiger partial charge on any atom is -0.469 e. The quantitative estimate of drug-likeness (QED) is 0.0838. The first kappa shape index (κ1) is 34.3. The van der Waals surface area contributed by atoms with E-state index in [-0.39, 0.29) is 12.4 Å². The largest absolute Gasteiger partial charge is 0.469 e. The summed E-state index contributed by atoms with van der Waals surface area (Å²) < 4.78 is 53.4. The molecule has 12 heteroatoms. The Bertz CT molecular complexity index is 450. The highest BCUT2D eigenvalue weighted by Gasteiger charge is 2.13. The van der Waals surface area contributed by atoms with Gasteiger partial charge in [-0.05, 0) is 19.6 Å². The van der Waals surface area contributed by atoms with E-state index in [1.54, 1.807) is 0 Å². The van der Waals surface area contributed by atoms with Crippen LogP contribution in [0, 0.1) is 0 Å². The SMILES string of the molecule is COC(=O)CCOCCOCCOCCOCCOCCOCCOCCOCCO[Si](C)(C)C. The van der Waals surface area contributed by atoms with Crippen LogP contribution in [0.1, 0.15) is 6.42 Å². The van der Waals surface area contributed by atoms with Gasteiger partial charge in [-0.3, -0.25) is 4.79 Å². The summed E-state index contributed by atoms with van der Waals surface area (Å²) >= 11 is 0. The van der Waals surface area contributed by atoms with E-state index in [4.69, 9.17) is 42.3 Å². The smallest absolute Gasteiger partial charge is 0.307 e. The molecule has 0 atom stereocenters. The van der Waals surface area contributed by atoms with E-state index in [2.05, 4.69) is 24.4 Å².